The van der Waals surface area contributed by atoms with Crippen molar-refractivity contribution in [1.82, 2.24) is 0 Å². The molecule has 2 heterocycles. The Bertz CT molecular complexity index is 968. The van der Waals surface area contributed by atoms with Crippen molar-refractivity contribution in [3.63, 3.8) is 0 Å². The van der Waals surface area contributed by atoms with E-state index < -0.39 is 6.03 Å². The summed E-state index contributed by atoms with van der Waals surface area (Å²) in [6.45, 7) is 0.888. The van der Waals surface area contributed by atoms with Crippen LogP contribution in [0.25, 0.3) is 11.3 Å². The van der Waals surface area contributed by atoms with Gasteiger partial charge in [-0.15, -0.1) is 0 Å². The third-order valence-corrected chi connectivity index (χ3v) is 4.05. The number of hydrogen-bond donors (Lipinski definition) is 1. The number of amides is 3. The summed E-state index contributed by atoms with van der Waals surface area (Å²) < 4.78 is 16.3. The van der Waals surface area contributed by atoms with E-state index in [9.17, 15) is 9.59 Å². The highest BCUT2D eigenvalue weighted by Crippen LogP contribution is 2.34. The summed E-state index contributed by atoms with van der Waals surface area (Å²) in [7, 11) is 0. The van der Waals surface area contributed by atoms with Gasteiger partial charge < -0.3 is 19.2 Å². The van der Waals surface area contributed by atoms with E-state index in [4.69, 9.17) is 13.9 Å². The van der Waals surface area contributed by atoms with E-state index in [1.54, 1.807) is 48.7 Å². The maximum atomic E-state index is 12.6. The van der Waals surface area contributed by atoms with E-state index in [0.717, 1.165) is 10.5 Å². The van der Waals surface area contributed by atoms with Gasteiger partial charge >= 0.3 is 6.03 Å². The molecule has 1 N–H and O–H groups in total. The molecule has 1 aromatic heterocycles. The topological polar surface area (TPSA) is 81.0 Å². The van der Waals surface area contributed by atoms with Crippen LogP contribution in [-0.2, 0) is 4.79 Å². The van der Waals surface area contributed by atoms with Crippen molar-refractivity contribution in [2.45, 2.75) is 0 Å². The molecule has 3 amide bonds. The lowest BCUT2D eigenvalue weighted by atomic mass is 10.1. The minimum Gasteiger partial charge on any atom is -0.486 e. The van der Waals surface area contributed by atoms with Gasteiger partial charge in [-0.25, -0.2) is 9.69 Å². The summed E-state index contributed by atoms with van der Waals surface area (Å²) in [5.41, 5.74) is 1.74. The summed E-state index contributed by atoms with van der Waals surface area (Å²) in [5, 5.41) is 2.72. The van der Waals surface area contributed by atoms with E-state index in [-0.39, 0.29) is 0 Å². The van der Waals surface area contributed by atoms with Crippen molar-refractivity contribution in [2.75, 3.05) is 23.4 Å². The molecule has 0 saturated carbocycles. The Kier molecular flexibility index (Phi) is 4.49. The average molecular weight is 364 g/mol. The molecule has 27 heavy (non-hydrogen) atoms. The van der Waals surface area contributed by atoms with Crippen molar-refractivity contribution in [3.05, 3.63) is 60.9 Å². The van der Waals surface area contributed by atoms with Crippen LogP contribution >= 0.6 is 0 Å². The lowest BCUT2D eigenvalue weighted by Gasteiger charge is -2.21. The van der Waals surface area contributed by atoms with E-state index in [1.807, 2.05) is 12.1 Å². The van der Waals surface area contributed by atoms with Crippen molar-refractivity contribution < 1.29 is 23.5 Å². The van der Waals surface area contributed by atoms with Gasteiger partial charge in [0, 0.05) is 17.3 Å². The molecule has 0 aliphatic carbocycles. The summed E-state index contributed by atoms with van der Waals surface area (Å²) in [6.07, 6.45) is 2.04. The third kappa shape index (κ3) is 3.48. The van der Waals surface area contributed by atoms with E-state index in [2.05, 4.69) is 5.32 Å². The quantitative estimate of drug-likeness (QED) is 0.710. The molecule has 1 aliphatic heterocycles. The molecule has 0 atom stereocenters. The fourth-order valence-electron chi connectivity index (χ4n) is 2.78. The normalized spacial score (nSPS) is 12.3. The maximum Gasteiger partial charge on any atom is 0.332 e. The number of furan rings is 1. The summed E-state index contributed by atoms with van der Waals surface area (Å²) in [5.74, 6) is 1.77. The van der Waals surface area contributed by atoms with Gasteiger partial charge in [0.15, 0.2) is 11.5 Å². The number of benzene rings is 2. The summed E-state index contributed by atoms with van der Waals surface area (Å²) in [4.78, 5) is 25.1. The van der Waals surface area contributed by atoms with Gasteiger partial charge in [0.05, 0.1) is 12.0 Å². The van der Waals surface area contributed by atoms with Gasteiger partial charge in [0.1, 0.15) is 19.0 Å². The predicted octanol–water partition coefficient (Wildman–Crippen LogP) is 3.91. The molecule has 7 heteroatoms. The first-order valence-corrected chi connectivity index (χ1v) is 8.34. The second kappa shape index (κ2) is 7.25. The number of nitrogens with zero attached hydrogens (tertiary/aromatic N) is 1. The molecule has 7 nitrogen and oxygen atoms in total. The second-order valence-electron chi connectivity index (χ2n) is 5.79. The number of rotatable bonds is 4. The minimum atomic E-state index is -0.585. The molecule has 136 valence electrons. The van der Waals surface area contributed by atoms with Crippen LogP contribution in [0, 0.1) is 0 Å². The highest BCUT2D eigenvalue weighted by Gasteiger charge is 2.19. The number of anilines is 2. The van der Waals surface area contributed by atoms with Crippen molar-refractivity contribution in [1.29, 1.82) is 0 Å². The maximum absolute atomic E-state index is 12.6. The van der Waals surface area contributed by atoms with Gasteiger partial charge in [-0.05, 0) is 36.4 Å². The van der Waals surface area contributed by atoms with Gasteiger partial charge in [-0.2, -0.15) is 0 Å². The Morgan fingerprint density at radius 1 is 1.00 bits per heavy atom. The molecule has 0 unspecified atom stereocenters. The Balaban J connectivity index is 1.54. The molecular formula is C20H16N2O5. The molecule has 0 spiro atoms. The zero-order valence-electron chi connectivity index (χ0n) is 14.3. The fraction of sp³-hybridized carbons (Fsp3) is 0.100. The third-order valence-electron chi connectivity index (χ3n) is 4.05. The number of fused-ring (bicyclic) bond motifs is 1. The number of carbonyl (C=O) groups is 2. The number of ether oxygens (including phenoxy) is 2. The van der Waals surface area contributed by atoms with E-state index >= 15 is 0 Å². The molecule has 0 fully saturated rings. The van der Waals surface area contributed by atoms with Gasteiger partial charge in [0.25, 0.3) is 0 Å². The number of nitrogens with one attached hydrogen (secondary N) is 1. The Labute approximate surface area is 155 Å². The van der Waals surface area contributed by atoms with Crippen LogP contribution in [0.2, 0.25) is 0 Å². The number of carbonyl (C=O) groups excluding carboxylic acids is 2. The van der Waals surface area contributed by atoms with Gasteiger partial charge in [-0.1, -0.05) is 12.1 Å². The van der Waals surface area contributed by atoms with E-state index in [1.165, 1.54) is 0 Å². The monoisotopic (exact) mass is 364 g/mol. The first-order chi connectivity index (χ1) is 13.2. The number of hydrogen-bond acceptors (Lipinski definition) is 5. The van der Waals surface area contributed by atoms with Crippen LogP contribution in [0.5, 0.6) is 11.5 Å². The van der Waals surface area contributed by atoms with Crippen LogP contribution in [-0.4, -0.2) is 25.7 Å². The molecule has 0 bridgehead atoms. The van der Waals surface area contributed by atoms with Crippen LogP contribution in [0.15, 0.2) is 65.3 Å². The Hall–Kier alpha value is -3.74. The van der Waals surface area contributed by atoms with Crippen LogP contribution in [0.4, 0.5) is 16.2 Å². The molecule has 0 radical (unpaired) electrons. The Morgan fingerprint density at radius 2 is 1.85 bits per heavy atom. The van der Waals surface area contributed by atoms with Gasteiger partial charge in [0.2, 0.25) is 6.41 Å². The van der Waals surface area contributed by atoms with Crippen LogP contribution in [0.3, 0.4) is 0 Å². The largest absolute Gasteiger partial charge is 0.486 e. The van der Waals surface area contributed by atoms with Crippen molar-refractivity contribution >= 4 is 23.8 Å². The van der Waals surface area contributed by atoms with Crippen LogP contribution < -0.4 is 19.7 Å². The highest BCUT2D eigenvalue weighted by molar-refractivity contribution is 6.12. The molecule has 4 rings (SSSR count). The minimum absolute atomic E-state index is 0.383. The molecule has 2 aromatic carbocycles. The zero-order valence-corrected chi connectivity index (χ0v) is 14.3. The molecule has 3 aromatic rings. The van der Waals surface area contributed by atoms with Crippen molar-refractivity contribution in [2.24, 2.45) is 0 Å². The standard InChI is InChI=1S/C20H16N2O5/c23-13-22(16-6-7-18-19(12-16)27-10-9-26-18)20(24)21-15-4-1-3-14(11-15)17-5-2-8-25-17/h1-8,11-13H,9-10H2,(H,21,24). The Morgan fingerprint density at radius 3 is 2.63 bits per heavy atom. The van der Waals surface area contributed by atoms with Crippen LogP contribution in [0.1, 0.15) is 0 Å². The molecular weight excluding hydrogens is 348 g/mol. The zero-order chi connectivity index (χ0) is 18.6. The van der Waals surface area contributed by atoms with Crippen molar-refractivity contribution in [3.8, 4) is 22.8 Å². The van der Waals surface area contributed by atoms with Gasteiger partial charge in [-0.3, -0.25) is 4.79 Å². The smallest absolute Gasteiger partial charge is 0.332 e. The lowest BCUT2D eigenvalue weighted by Crippen LogP contribution is -2.33. The lowest BCUT2D eigenvalue weighted by molar-refractivity contribution is -0.106. The first-order valence-electron chi connectivity index (χ1n) is 8.34. The molecule has 0 saturated heterocycles. The number of urea groups is 1. The summed E-state index contributed by atoms with van der Waals surface area (Å²) >= 11 is 0. The second-order valence-corrected chi connectivity index (χ2v) is 5.79. The SMILES string of the molecule is O=CN(C(=O)Nc1cccc(-c2ccco2)c1)c1ccc2c(c1)OCCO2. The number of imide groups is 1. The van der Waals surface area contributed by atoms with E-state index in [0.29, 0.717) is 48.3 Å². The summed E-state index contributed by atoms with van der Waals surface area (Å²) in [6, 6.07) is 15.1. The fourth-order valence-corrected chi connectivity index (χ4v) is 2.78. The average Bonchev–Trinajstić information content (AvgIpc) is 3.23. The molecule has 1 aliphatic rings. The highest BCUT2D eigenvalue weighted by atomic mass is 16.6. The predicted molar refractivity (Wildman–Crippen MR) is 99.1 cm³/mol. The first kappa shape index (κ1) is 16.7.